The number of hydrogen-bond acceptors (Lipinski definition) is 6. The van der Waals surface area contributed by atoms with Gasteiger partial charge in [0.1, 0.15) is 6.61 Å². The zero-order valence-electron chi connectivity index (χ0n) is 20.0. The molecule has 0 unspecified atom stereocenters. The number of carbonyl (C=O) groups excluding carboxylic acids is 1. The molecule has 190 valence electrons. The monoisotopic (exact) mass is 517 g/mol. The van der Waals surface area contributed by atoms with Crippen molar-refractivity contribution >= 4 is 21.7 Å². The molecule has 0 amide bonds. The molecule has 0 aliphatic rings. The van der Waals surface area contributed by atoms with E-state index < -0.39 is 16.0 Å². The molecular formula is C29H27NO6S. The van der Waals surface area contributed by atoms with Crippen LogP contribution in [0.4, 0.5) is 5.69 Å². The van der Waals surface area contributed by atoms with Crippen LogP contribution in [0.25, 0.3) is 0 Å². The largest absolute Gasteiger partial charge is 0.457 e. The summed E-state index contributed by atoms with van der Waals surface area (Å²) >= 11 is 0. The molecule has 0 fully saturated rings. The van der Waals surface area contributed by atoms with E-state index in [0.717, 1.165) is 11.1 Å². The van der Waals surface area contributed by atoms with Crippen LogP contribution in [0.5, 0.6) is 0 Å². The Kier molecular flexibility index (Phi) is 8.35. The summed E-state index contributed by atoms with van der Waals surface area (Å²) in [6, 6.07) is 28.7. The van der Waals surface area contributed by atoms with Crippen LogP contribution < -0.4 is 4.31 Å². The van der Waals surface area contributed by atoms with Crippen molar-refractivity contribution in [3.8, 4) is 0 Å². The third-order valence-corrected chi connectivity index (χ3v) is 7.50. The highest BCUT2D eigenvalue weighted by Crippen LogP contribution is 2.29. The van der Waals surface area contributed by atoms with Crippen molar-refractivity contribution in [3.05, 3.63) is 131 Å². The van der Waals surface area contributed by atoms with Gasteiger partial charge in [0.15, 0.2) is 0 Å². The van der Waals surface area contributed by atoms with Crippen LogP contribution in [-0.4, -0.2) is 24.6 Å². The fourth-order valence-electron chi connectivity index (χ4n) is 3.85. The van der Waals surface area contributed by atoms with Gasteiger partial charge in [0.25, 0.3) is 10.0 Å². The van der Waals surface area contributed by atoms with Gasteiger partial charge in [-0.05, 0) is 52.6 Å². The van der Waals surface area contributed by atoms with E-state index in [4.69, 9.17) is 4.74 Å². The van der Waals surface area contributed by atoms with Crippen LogP contribution in [0.15, 0.2) is 108 Å². The molecule has 0 aliphatic heterocycles. The summed E-state index contributed by atoms with van der Waals surface area (Å²) in [6.07, 6.45) is 0. The number of ether oxygens (including phenoxy) is 1. The lowest BCUT2D eigenvalue weighted by molar-refractivity contribution is 0.0472. The zero-order chi connectivity index (χ0) is 26.3. The van der Waals surface area contributed by atoms with Crippen molar-refractivity contribution in [1.29, 1.82) is 0 Å². The summed E-state index contributed by atoms with van der Waals surface area (Å²) in [4.78, 5) is 12.6. The van der Waals surface area contributed by atoms with Crippen LogP contribution in [0.2, 0.25) is 0 Å². The second-order valence-electron chi connectivity index (χ2n) is 8.41. The molecule has 2 N–H and O–H groups in total. The van der Waals surface area contributed by atoms with Gasteiger partial charge in [-0.25, -0.2) is 13.2 Å². The Balaban J connectivity index is 1.69. The molecule has 0 spiro atoms. The van der Waals surface area contributed by atoms with E-state index >= 15 is 0 Å². The second-order valence-corrected chi connectivity index (χ2v) is 10.3. The number of sulfonamides is 1. The third kappa shape index (κ3) is 6.42. The summed E-state index contributed by atoms with van der Waals surface area (Å²) < 4.78 is 34.5. The molecule has 7 nitrogen and oxygen atoms in total. The molecule has 0 aromatic heterocycles. The lowest BCUT2D eigenvalue weighted by Gasteiger charge is -2.26. The first-order valence-electron chi connectivity index (χ1n) is 11.6. The molecule has 0 aliphatic carbocycles. The van der Waals surface area contributed by atoms with E-state index in [1.165, 1.54) is 28.6 Å². The predicted octanol–water partition coefficient (Wildman–Crippen LogP) is 4.42. The van der Waals surface area contributed by atoms with E-state index in [9.17, 15) is 23.4 Å². The van der Waals surface area contributed by atoms with Crippen molar-refractivity contribution in [2.24, 2.45) is 0 Å². The Morgan fingerprint density at radius 3 is 1.89 bits per heavy atom. The molecule has 0 atom stereocenters. The smallest absolute Gasteiger partial charge is 0.338 e. The summed E-state index contributed by atoms with van der Waals surface area (Å²) in [7, 11) is -4.16. The number of aliphatic hydroxyl groups excluding tert-OH is 2. The Hall–Kier alpha value is -3.98. The maximum absolute atomic E-state index is 13.9. The molecular weight excluding hydrogens is 490 g/mol. The van der Waals surface area contributed by atoms with E-state index in [0.29, 0.717) is 11.1 Å². The number of anilines is 1. The van der Waals surface area contributed by atoms with Gasteiger partial charge in [-0.3, -0.25) is 4.31 Å². The molecule has 4 aromatic rings. The molecule has 4 aromatic carbocycles. The van der Waals surface area contributed by atoms with Crippen LogP contribution >= 0.6 is 0 Å². The fourth-order valence-corrected chi connectivity index (χ4v) is 5.33. The molecule has 8 heteroatoms. The summed E-state index contributed by atoms with van der Waals surface area (Å²) in [5, 5.41) is 19.4. The van der Waals surface area contributed by atoms with E-state index in [1.54, 1.807) is 18.2 Å². The zero-order valence-corrected chi connectivity index (χ0v) is 20.8. The van der Waals surface area contributed by atoms with Crippen molar-refractivity contribution in [1.82, 2.24) is 0 Å². The molecule has 37 heavy (non-hydrogen) atoms. The van der Waals surface area contributed by atoms with E-state index in [2.05, 4.69) is 0 Å². The van der Waals surface area contributed by atoms with E-state index in [1.807, 2.05) is 60.7 Å². The lowest BCUT2D eigenvalue weighted by atomic mass is 10.1. The van der Waals surface area contributed by atoms with Gasteiger partial charge in [-0.1, -0.05) is 72.8 Å². The number of carbonyl (C=O) groups is 1. The third-order valence-electron chi connectivity index (χ3n) is 5.73. The SMILES string of the molecule is O=C(OCc1ccccc1)c1cccc(S(=O)(=O)N(Cc2ccccc2)c2cc(CO)cc(CO)c2)c1. The highest BCUT2D eigenvalue weighted by Gasteiger charge is 2.27. The highest BCUT2D eigenvalue weighted by molar-refractivity contribution is 7.92. The van der Waals surface area contributed by atoms with Gasteiger partial charge < -0.3 is 14.9 Å². The van der Waals surface area contributed by atoms with Crippen molar-refractivity contribution in [2.75, 3.05) is 4.31 Å². The summed E-state index contributed by atoms with van der Waals surface area (Å²) in [5.74, 6) is -0.639. The fraction of sp³-hybridized carbons (Fsp3) is 0.138. The number of aliphatic hydroxyl groups is 2. The van der Waals surface area contributed by atoms with Gasteiger partial charge in [-0.15, -0.1) is 0 Å². The minimum atomic E-state index is -4.16. The van der Waals surface area contributed by atoms with Crippen LogP contribution in [-0.2, 0) is 41.1 Å². The standard InChI is InChI=1S/C29H27NO6S/c31-19-24-14-25(20-32)16-27(15-24)30(18-22-8-3-1-4-9-22)37(34,35)28-13-7-12-26(17-28)29(33)36-21-23-10-5-2-6-11-23/h1-17,31-32H,18-21H2. The molecule has 4 rings (SSSR count). The Morgan fingerprint density at radius 2 is 1.30 bits per heavy atom. The first-order chi connectivity index (χ1) is 17.9. The second kappa shape index (κ2) is 11.8. The molecule has 0 bridgehead atoms. The lowest BCUT2D eigenvalue weighted by Crippen LogP contribution is -2.31. The van der Waals surface area contributed by atoms with Gasteiger partial charge in [0.05, 0.1) is 35.9 Å². The highest BCUT2D eigenvalue weighted by atomic mass is 32.2. The number of rotatable bonds is 10. The minimum absolute atomic E-state index is 0.00556. The Morgan fingerprint density at radius 1 is 0.703 bits per heavy atom. The van der Waals surface area contributed by atoms with Gasteiger partial charge in [0.2, 0.25) is 0 Å². The van der Waals surface area contributed by atoms with Crippen LogP contribution in [0.1, 0.15) is 32.6 Å². The Bertz CT molecular complexity index is 1430. The molecule has 0 heterocycles. The van der Waals surface area contributed by atoms with Crippen molar-refractivity contribution < 1.29 is 28.2 Å². The number of esters is 1. The number of benzene rings is 4. The van der Waals surface area contributed by atoms with Crippen molar-refractivity contribution in [3.63, 3.8) is 0 Å². The minimum Gasteiger partial charge on any atom is -0.457 e. The van der Waals surface area contributed by atoms with Crippen LogP contribution in [0, 0.1) is 0 Å². The average Bonchev–Trinajstić information content (AvgIpc) is 2.95. The topological polar surface area (TPSA) is 104 Å². The Labute approximate surface area is 216 Å². The van der Waals surface area contributed by atoms with Gasteiger partial charge in [-0.2, -0.15) is 0 Å². The number of hydrogen-bond donors (Lipinski definition) is 2. The van der Waals surface area contributed by atoms with Crippen molar-refractivity contribution in [2.45, 2.75) is 31.3 Å². The summed E-state index contributed by atoms with van der Waals surface area (Å²) in [5.41, 5.74) is 2.89. The average molecular weight is 518 g/mol. The maximum Gasteiger partial charge on any atom is 0.338 e. The summed E-state index contributed by atoms with van der Waals surface area (Å²) in [6.45, 7) is -0.564. The molecule has 0 saturated carbocycles. The normalized spacial score (nSPS) is 11.2. The first-order valence-corrected chi connectivity index (χ1v) is 13.1. The van der Waals surface area contributed by atoms with Gasteiger partial charge >= 0.3 is 5.97 Å². The van der Waals surface area contributed by atoms with Crippen LogP contribution in [0.3, 0.4) is 0 Å². The predicted molar refractivity (Wildman–Crippen MR) is 140 cm³/mol. The quantitative estimate of drug-likeness (QED) is 0.302. The maximum atomic E-state index is 13.9. The van der Waals surface area contributed by atoms with Gasteiger partial charge in [0, 0.05) is 0 Å². The van der Waals surface area contributed by atoms with E-state index in [-0.39, 0.29) is 42.5 Å². The number of nitrogens with zero attached hydrogens (tertiary/aromatic N) is 1. The molecule has 0 saturated heterocycles. The first kappa shape index (κ1) is 26.1. The molecule has 0 radical (unpaired) electrons.